The van der Waals surface area contributed by atoms with Crippen LogP contribution in [0.2, 0.25) is 0 Å². The van der Waals surface area contributed by atoms with Crippen molar-refractivity contribution in [2.45, 2.75) is 12.8 Å². The zero-order chi connectivity index (χ0) is 17.9. The molecule has 0 saturated carbocycles. The van der Waals surface area contributed by atoms with Crippen molar-refractivity contribution < 1.29 is 9.53 Å². The molecule has 132 valence electrons. The number of nitrogens with zero attached hydrogens (tertiary/aromatic N) is 2. The normalized spacial score (nSPS) is 13.8. The van der Waals surface area contributed by atoms with Crippen LogP contribution in [0.15, 0.2) is 54.6 Å². The van der Waals surface area contributed by atoms with Gasteiger partial charge in [-0.1, -0.05) is 29.5 Å². The Labute approximate surface area is 156 Å². The van der Waals surface area contributed by atoms with Crippen molar-refractivity contribution in [3.8, 4) is 22.8 Å². The highest BCUT2D eigenvalue weighted by Crippen LogP contribution is 2.35. The van der Waals surface area contributed by atoms with E-state index in [1.54, 1.807) is 0 Å². The van der Waals surface area contributed by atoms with Crippen molar-refractivity contribution in [1.82, 2.24) is 4.98 Å². The SMILES string of the molecule is NC(=O)c1sc(N2CCCC2)nc1-c1ccc(Oc2ccccc2)cc1. The zero-order valence-electron chi connectivity index (χ0n) is 14.2. The lowest BCUT2D eigenvalue weighted by atomic mass is 10.1. The topological polar surface area (TPSA) is 68.5 Å². The number of thiazole rings is 1. The van der Waals surface area contributed by atoms with E-state index in [0.717, 1.165) is 48.1 Å². The molecule has 26 heavy (non-hydrogen) atoms. The largest absolute Gasteiger partial charge is 0.457 e. The van der Waals surface area contributed by atoms with Crippen molar-refractivity contribution in [3.63, 3.8) is 0 Å². The lowest BCUT2D eigenvalue weighted by molar-refractivity contribution is 0.100. The third-order valence-corrected chi connectivity index (χ3v) is 5.45. The van der Waals surface area contributed by atoms with E-state index in [0.29, 0.717) is 10.6 Å². The van der Waals surface area contributed by atoms with Crippen LogP contribution in [0, 0.1) is 0 Å². The summed E-state index contributed by atoms with van der Waals surface area (Å²) >= 11 is 1.38. The van der Waals surface area contributed by atoms with Crippen LogP contribution in [0.3, 0.4) is 0 Å². The number of nitrogens with two attached hydrogens (primary N) is 1. The fraction of sp³-hybridized carbons (Fsp3) is 0.200. The van der Waals surface area contributed by atoms with Crippen LogP contribution in [0.25, 0.3) is 11.3 Å². The minimum atomic E-state index is -0.437. The molecule has 0 bridgehead atoms. The van der Waals surface area contributed by atoms with Gasteiger partial charge >= 0.3 is 0 Å². The van der Waals surface area contributed by atoms with Crippen LogP contribution in [0.4, 0.5) is 5.13 Å². The molecule has 2 heterocycles. The fourth-order valence-electron chi connectivity index (χ4n) is 3.02. The molecule has 1 aromatic heterocycles. The Kier molecular flexibility index (Phi) is 4.58. The van der Waals surface area contributed by atoms with Gasteiger partial charge < -0.3 is 15.4 Å². The van der Waals surface area contributed by atoms with E-state index in [1.807, 2.05) is 54.6 Å². The summed E-state index contributed by atoms with van der Waals surface area (Å²) in [6.45, 7) is 1.96. The third kappa shape index (κ3) is 3.41. The van der Waals surface area contributed by atoms with E-state index in [1.165, 1.54) is 11.3 Å². The lowest BCUT2D eigenvalue weighted by Crippen LogP contribution is -2.17. The van der Waals surface area contributed by atoms with Crippen LogP contribution >= 0.6 is 11.3 Å². The monoisotopic (exact) mass is 365 g/mol. The number of hydrogen-bond acceptors (Lipinski definition) is 5. The maximum atomic E-state index is 11.9. The summed E-state index contributed by atoms with van der Waals surface area (Å²) in [7, 11) is 0. The summed E-state index contributed by atoms with van der Waals surface area (Å²) in [6, 6.07) is 17.2. The summed E-state index contributed by atoms with van der Waals surface area (Å²) in [5.41, 5.74) is 7.09. The van der Waals surface area contributed by atoms with Gasteiger partial charge in [-0.3, -0.25) is 4.79 Å². The summed E-state index contributed by atoms with van der Waals surface area (Å²) in [5, 5.41) is 0.871. The van der Waals surface area contributed by atoms with Gasteiger partial charge in [-0.25, -0.2) is 4.98 Å². The fourth-order valence-corrected chi connectivity index (χ4v) is 4.01. The molecule has 0 aliphatic carbocycles. The number of anilines is 1. The summed E-state index contributed by atoms with van der Waals surface area (Å²) in [5.74, 6) is 1.08. The van der Waals surface area contributed by atoms with Gasteiger partial charge in [-0.2, -0.15) is 0 Å². The van der Waals surface area contributed by atoms with E-state index in [2.05, 4.69) is 4.90 Å². The molecule has 3 aromatic rings. The molecule has 1 aliphatic heterocycles. The van der Waals surface area contributed by atoms with Gasteiger partial charge in [0.25, 0.3) is 5.91 Å². The number of rotatable bonds is 5. The number of carbonyl (C=O) groups is 1. The maximum absolute atomic E-state index is 11.9. The Morgan fingerprint density at radius 3 is 2.31 bits per heavy atom. The predicted octanol–water partition coefficient (Wildman–Crippen LogP) is 4.30. The number of hydrogen-bond donors (Lipinski definition) is 1. The highest BCUT2D eigenvalue weighted by atomic mass is 32.1. The number of primary amides is 1. The third-order valence-electron chi connectivity index (χ3n) is 4.32. The highest BCUT2D eigenvalue weighted by molar-refractivity contribution is 7.18. The molecule has 1 aliphatic rings. The Morgan fingerprint density at radius 1 is 1.00 bits per heavy atom. The Morgan fingerprint density at radius 2 is 1.65 bits per heavy atom. The number of ether oxygens (including phenoxy) is 1. The molecule has 1 amide bonds. The van der Waals surface area contributed by atoms with E-state index >= 15 is 0 Å². The second-order valence-electron chi connectivity index (χ2n) is 6.17. The number of carbonyl (C=O) groups excluding carboxylic acids is 1. The molecule has 1 saturated heterocycles. The Hall–Kier alpha value is -2.86. The van der Waals surface area contributed by atoms with E-state index in [9.17, 15) is 4.79 Å². The molecular formula is C20H19N3O2S. The number of amides is 1. The molecular weight excluding hydrogens is 346 g/mol. The van der Waals surface area contributed by atoms with E-state index in [-0.39, 0.29) is 0 Å². The molecule has 2 aromatic carbocycles. The van der Waals surface area contributed by atoms with Crippen LogP contribution in [0.1, 0.15) is 22.5 Å². The van der Waals surface area contributed by atoms with Gasteiger partial charge in [-0.15, -0.1) is 0 Å². The highest BCUT2D eigenvalue weighted by Gasteiger charge is 2.22. The molecule has 5 nitrogen and oxygen atoms in total. The summed E-state index contributed by atoms with van der Waals surface area (Å²) < 4.78 is 5.82. The molecule has 6 heteroatoms. The van der Waals surface area contributed by atoms with Crippen molar-refractivity contribution in [2.75, 3.05) is 18.0 Å². The van der Waals surface area contributed by atoms with Crippen LogP contribution in [-0.4, -0.2) is 24.0 Å². The summed E-state index contributed by atoms with van der Waals surface area (Å²) in [6.07, 6.45) is 2.32. The molecule has 0 spiro atoms. The van der Waals surface area contributed by atoms with Gasteiger partial charge in [0, 0.05) is 18.7 Å². The minimum Gasteiger partial charge on any atom is -0.457 e. The molecule has 0 atom stereocenters. The maximum Gasteiger partial charge on any atom is 0.261 e. The van der Waals surface area contributed by atoms with Gasteiger partial charge in [0.05, 0.1) is 5.69 Å². The van der Waals surface area contributed by atoms with Crippen LogP contribution in [-0.2, 0) is 0 Å². The number of benzene rings is 2. The van der Waals surface area contributed by atoms with Gasteiger partial charge in [0.2, 0.25) is 0 Å². The first-order valence-electron chi connectivity index (χ1n) is 8.59. The molecule has 1 fully saturated rings. The zero-order valence-corrected chi connectivity index (χ0v) is 15.0. The van der Waals surface area contributed by atoms with Crippen LogP contribution < -0.4 is 15.4 Å². The lowest BCUT2D eigenvalue weighted by Gasteiger charge is -2.12. The van der Waals surface area contributed by atoms with E-state index in [4.69, 9.17) is 15.5 Å². The minimum absolute atomic E-state index is 0.437. The van der Waals surface area contributed by atoms with Crippen molar-refractivity contribution >= 4 is 22.4 Å². The number of para-hydroxylation sites is 1. The van der Waals surface area contributed by atoms with Crippen molar-refractivity contribution in [2.24, 2.45) is 5.73 Å². The molecule has 4 rings (SSSR count). The first-order chi connectivity index (χ1) is 12.7. The molecule has 2 N–H and O–H groups in total. The summed E-state index contributed by atoms with van der Waals surface area (Å²) in [4.78, 5) is 19.3. The van der Waals surface area contributed by atoms with Crippen molar-refractivity contribution in [1.29, 1.82) is 0 Å². The Balaban J connectivity index is 1.61. The van der Waals surface area contributed by atoms with E-state index < -0.39 is 5.91 Å². The average molecular weight is 365 g/mol. The van der Waals surface area contributed by atoms with Gasteiger partial charge in [0.15, 0.2) is 5.13 Å². The smallest absolute Gasteiger partial charge is 0.261 e. The first-order valence-corrected chi connectivity index (χ1v) is 9.41. The molecule has 0 radical (unpaired) electrons. The predicted molar refractivity (Wildman–Crippen MR) is 104 cm³/mol. The van der Waals surface area contributed by atoms with Crippen molar-refractivity contribution in [3.05, 3.63) is 59.5 Å². The number of aromatic nitrogens is 1. The quantitative estimate of drug-likeness (QED) is 0.732. The van der Waals surface area contributed by atoms with Gasteiger partial charge in [-0.05, 0) is 49.2 Å². The first kappa shape index (κ1) is 16.6. The second-order valence-corrected chi connectivity index (χ2v) is 7.15. The standard InChI is InChI=1S/C20H19N3O2S/c21-19(24)18-17(22-20(26-18)23-12-4-5-13-23)14-8-10-16(11-9-14)25-15-6-2-1-3-7-15/h1-3,6-11H,4-5,12-13H2,(H2,21,24). The second kappa shape index (κ2) is 7.17. The van der Waals surface area contributed by atoms with Crippen LogP contribution in [0.5, 0.6) is 11.5 Å². The Bertz CT molecular complexity index is 901. The van der Waals surface area contributed by atoms with Gasteiger partial charge in [0.1, 0.15) is 16.4 Å². The average Bonchev–Trinajstić information content (AvgIpc) is 3.33. The molecule has 0 unspecified atom stereocenters.